The molecule has 2 aliphatic rings. The quantitative estimate of drug-likeness (QED) is 0.604. The largest absolute Gasteiger partial charge is 0.446 e. The van der Waals surface area contributed by atoms with Crippen LogP contribution in [0.1, 0.15) is 38.5 Å². The first-order chi connectivity index (χ1) is 15.5. The van der Waals surface area contributed by atoms with Crippen molar-refractivity contribution in [3.05, 3.63) is 35.5 Å². The van der Waals surface area contributed by atoms with Gasteiger partial charge in [0.25, 0.3) is 0 Å². The number of ether oxygens (including phenoxy) is 1. The summed E-state index contributed by atoms with van der Waals surface area (Å²) in [5, 5.41) is 7.52. The minimum absolute atomic E-state index is 0.0948. The minimum Gasteiger partial charge on any atom is -0.446 e. The predicted molar refractivity (Wildman–Crippen MR) is 127 cm³/mol. The van der Waals surface area contributed by atoms with Crippen LogP contribution in [0.3, 0.4) is 0 Å². The number of carbonyl (C=O) groups is 1. The number of carbonyl (C=O) groups excluding carboxylic acids is 1. The first kappa shape index (κ1) is 22.6. The average Bonchev–Trinajstić information content (AvgIpc) is 2.81. The second kappa shape index (κ2) is 10.4. The van der Waals surface area contributed by atoms with E-state index in [9.17, 15) is 4.79 Å². The van der Waals surface area contributed by atoms with Gasteiger partial charge in [-0.25, -0.2) is 14.8 Å². The zero-order valence-electron chi connectivity index (χ0n) is 18.4. The van der Waals surface area contributed by atoms with Gasteiger partial charge in [0.15, 0.2) is 0 Å². The van der Waals surface area contributed by atoms with Crippen molar-refractivity contribution in [2.45, 2.75) is 56.7 Å². The lowest BCUT2D eigenvalue weighted by Crippen LogP contribution is -2.44. The maximum Gasteiger partial charge on any atom is 0.404 e. The van der Waals surface area contributed by atoms with E-state index in [-0.39, 0.29) is 12.1 Å². The Morgan fingerprint density at radius 3 is 2.81 bits per heavy atom. The van der Waals surface area contributed by atoms with Crippen LogP contribution in [-0.4, -0.2) is 54.4 Å². The Bertz CT molecular complexity index is 928. The number of amides is 1. The lowest BCUT2D eigenvalue weighted by molar-refractivity contribution is 0.0805. The molecule has 1 aliphatic carbocycles. The lowest BCUT2D eigenvalue weighted by atomic mass is 9.93. The maximum atomic E-state index is 10.9. The number of nitrogens with two attached hydrogens (primary N) is 1. The number of pyridine rings is 2. The first-order valence-electron chi connectivity index (χ1n) is 11.3. The predicted octanol–water partition coefficient (Wildman–Crippen LogP) is 3.80. The number of nitrogens with zero attached hydrogens (tertiary/aromatic N) is 3. The number of primary amides is 1. The van der Waals surface area contributed by atoms with E-state index in [0.29, 0.717) is 11.1 Å². The van der Waals surface area contributed by atoms with Gasteiger partial charge in [-0.05, 0) is 63.3 Å². The standard InChI is InChI=1S/C23H31ClN6O2/c1-30(16-4-3-11-26-13-16)22-6-2-5-20(29-22)18-12-21(27-14-19(18)24)28-15-7-9-17(10-8-15)32-23(25)31/h2,5-6,12,14-17,26H,3-4,7-11,13H2,1H3,(H2,25,31)(H,27,28)/t15?,16-,17?/m0/s1. The Kier molecular flexibility index (Phi) is 7.32. The van der Waals surface area contributed by atoms with Gasteiger partial charge in [0.1, 0.15) is 17.7 Å². The van der Waals surface area contributed by atoms with E-state index in [2.05, 4.69) is 27.6 Å². The maximum absolute atomic E-state index is 10.9. The molecule has 1 aliphatic heterocycles. The van der Waals surface area contributed by atoms with Gasteiger partial charge in [-0.15, -0.1) is 0 Å². The fourth-order valence-electron chi connectivity index (χ4n) is 4.53. The highest BCUT2D eigenvalue weighted by Crippen LogP contribution is 2.31. The monoisotopic (exact) mass is 458 g/mol. The smallest absolute Gasteiger partial charge is 0.404 e. The summed E-state index contributed by atoms with van der Waals surface area (Å²) in [6.45, 7) is 2.05. The summed E-state index contributed by atoms with van der Waals surface area (Å²) < 4.78 is 5.12. The molecule has 0 aromatic carbocycles. The molecule has 32 heavy (non-hydrogen) atoms. The van der Waals surface area contributed by atoms with E-state index in [1.54, 1.807) is 6.20 Å². The van der Waals surface area contributed by atoms with Gasteiger partial charge in [-0.3, -0.25) is 0 Å². The Hall–Kier alpha value is -2.58. The molecule has 0 spiro atoms. The number of hydrogen-bond acceptors (Lipinski definition) is 7. The summed E-state index contributed by atoms with van der Waals surface area (Å²) in [7, 11) is 2.10. The molecule has 9 heteroatoms. The molecular formula is C23H31ClN6O2. The van der Waals surface area contributed by atoms with Crippen molar-refractivity contribution in [3.8, 4) is 11.3 Å². The van der Waals surface area contributed by atoms with Gasteiger partial charge in [-0.1, -0.05) is 17.7 Å². The molecule has 0 bridgehead atoms. The number of aromatic nitrogens is 2. The molecule has 8 nitrogen and oxygen atoms in total. The third-order valence-electron chi connectivity index (χ3n) is 6.35. The summed E-state index contributed by atoms with van der Waals surface area (Å²) >= 11 is 6.51. The van der Waals surface area contributed by atoms with E-state index < -0.39 is 6.09 Å². The molecule has 0 unspecified atom stereocenters. The molecule has 2 aromatic rings. The summed E-state index contributed by atoms with van der Waals surface area (Å²) in [6.07, 6.45) is 6.54. The van der Waals surface area contributed by atoms with Crippen LogP contribution in [-0.2, 0) is 4.74 Å². The van der Waals surface area contributed by atoms with E-state index >= 15 is 0 Å². The van der Waals surface area contributed by atoms with E-state index in [4.69, 9.17) is 27.1 Å². The number of nitrogens with one attached hydrogen (secondary N) is 2. The molecule has 2 fully saturated rings. The topological polar surface area (TPSA) is 105 Å². The number of anilines is 2. The fraction of sp³-hybridized carbons (Fsp3) is 0.522. The van der Waals surface area contributed by atoms with Gasteiger partial charge >= 0.3 is 6.09 Å². The van der Waals surface area contributed by atoms with Crippen LogP contribution < -0.4 is 21.3 Å². The molecule has 0 radical (unpaired) electrons. The summed E-state index contributed by atoms with van der Waals surface area (Å²) in [5.41, 5.74) is 6.81. The highest BCUT2D eigenvalue weighted by atomic mass is 35.5. The highest BCUT2D eigenvalue weighted by Gasteiger charge is 2.24. The molecule has 4 rings (SSSR count). The van der Waals surface area contributed by atoms with Crippen LogP contribution in [0.15, 0.2) is 30.5 Å². The zero-order valence-corrected chi connectivity index (χ0v) is 19.1. The Labute approximate surface area is 193 Å². The molecule has 1 atom stereocenters. The third kappa shape index (κ3) is 5.61. The normalized spacial score (nSPS) is 23.4. The fourth-order valence-corrected chi connectivity index (χ4v) is 4.73. The van der Waals surface area contributed by atoms with Crippen LogP contribution in [0.4, 0.5) is 16.4 Å². The van der Waals surface area contributed by atoms with Gasteiger partial charge in [0, 0.05) is 37.4 Å². The first-order valence-corrected chi connectivity index (χ1v) is 11.7. The molecule has 1 saturated heterocycles. The van der Waals surface area contributed by atoms with Crippen LogP contribution in [0.2, 0.25) is 5.02 Å². The Balaban J connectivity index is 1.45. The lowest BCUT2D eigenvalue weighted by Gasteiger charge is -2.32. The van der Waals surface area contributed by atoms with Crippen molar-refractivity contribution >= 4 is 29.3 Å². The molecule has 1 amide bonds. The van der Waals surface area contributed by atoms with E-state index in [1.807, 2.05) is 24.3 Å². The van der Waals surface area contributed by atoms with Crippen molar-refractivity contribution < 1.29 is 9.53 Å². The van der Waals surface area contributed by atoms with Gasteiger partial charge < -0.3 is 26.0 Å². The Morgan fingerprint density at radius 1 is 1.28 bits per heavy atom. The van der Waals surface area contributed by atoms with Crippen LogP contribution >= 0.6 is 11.6 Å². The SMILES string of the molecule is CN(c1cccc(-c2cc(NC3CCC(OC(N)=O)CC3)ncc2Cl)n1)[C@H]1CCCNC1. The van der Waals surface area contributed by atoms with Crippen molar-refractivity contribution in [3.63, 3.8) is 0 Å². The van der Waals surface area contributed by atoms with Gasteiger partial charge in [-0.2, -0.15) is 0 Å². The molecule has 3 heterocycles. The molecule has 1 saturated carbocycles. The molecule has 4 N–H and O–H groups in total. The van der Waals surface area contributed by atoms with Gasteiger partial charge in [0.2, 0.25) is 0 Å². The number of piperidine rings is 1. The second-order valence-corrected chi connectivity index (χ2v) is 9.00. The molecule has 172 valence electrons. The third-order valence-corrected chi connectivity index (χ3v) is 6.66. The Morgan fingerprint density at radius 2 is 2.09 bits per heavy atom. The minimum atomic E-state index is -0.703. The molecule has 2 aromatic heterocycles. The van der Waals surface area contributed by atoms with E-state index in [1.165, 1.54) is 6.42 Å². The van der Waals surface area contributed by atoms with Crippen LogP contribution in [0, 0.1) is 0 Å². The zero-order chi connectivity index (χ0) is 22.5. The summed E-state index contributed by atoms with van der Waals surface area (Å²) in [4.78, 5) is 22.6. The molecular weight excluding hydrogens is 428 g/mol. The van der Waals surface area contributed by atoms with E-state index in [0.717, 1.165) is 68.1 Å². The average molecular weight is 459 g/mol. The van der Waals surface area contributed by atoms with Crippen molar-refractivity contribution in [1.82, 2.24) is 15.3 Å². The van der Waals surface area contributed by atoms with Crippen LogP contribution in [0.25, 0.3) is 11.3 Å². The van der Waals surface area contributed by atoms with Crippen molar-refractivity contribution in [1.29, 1.82) is 0 Å². The number of hydrogen-bond donors (Lipinski definition) is 3. The van der Waals surface area contributed by atoms with Crippen LogP contribution in [0.5, 0.6) is 0 Å². The number of halogens is 1. The number of rotatable bonds is 6. The summed E-state index contributed by atoms with van der Waals surface area (Å²) in [6, 6.07) is 8.70. The van der Waals surface area contributed by atoms with Gasteiger partial charge in [0.05, 0.1) is 10.7 Å². The van der Waals surface area contributed by atoms with Crippen molar-refractivity contribution in [2.75, 3.05) is 30.4 Å². The summed E-state index contributed by atoms with van der Waals surface area (Å²) in [5.74, 6) is 1.70. The second-order valence-electron chi connectivity index (χ2n) is 8.60. The highest BCUT2D eigenvalue weighted by molar-refractivity contribution is 6.33. The van der Waals surface area contributed by atoms with Crippen molar-refractivity contribution in [2.24, 2.45) is 5.73 Å². The number of likely N-dealkylation sites (N-methyl/N-ethyl adjacent to an activating group) is 1.